The van der Waals surface area contributed by atoms with Crippen molar-refractivity contribution in [3.63, 3.8) is 0 Å². The van der Waals surface area contributed by atoms with Crippen LogP contribution in [0.15, 0.2) is 16.1 Å². The van der Waals surface area contributed by atoms with E-state index in [1.165, 1.54) is 11.3 Å². The Morgan fingerprint density at radius 3 is 2.87 bits per heavy atom. The van der Waals surface area contributed by atoms with Crippen LogP contribution in [-0.2, 0) is 9.53 Å². The molecule has 0 unspecified atom stereocenters. The molecular formula is C10H10BrClO2S. The number of thiophene rings is 1. The molecule has 0 aliphatic rings. The number of hydrogen-bond donors (Lipinski definition) is 0. The molecule has 0 fully saturated rings. The highest BCUT2D eigenvalue weighted by atomic mass is 79.9. The van der Waals surface area contributed by atoms with E-state index in [1.54, 1.807) is 19.9 Å². The summed E-state index contributed by atoms with van der Waals surface area (Å²) in [6, 6.07) is 1.87. The van der Waals surface area contributed by atoms with Crippen LogP contribution in [0, 0.1) is 0 Å². The second-order valence-corrected chi connectivity index (χ2v) is 5.36. The molecule has 0 aliphatic carbocycles. The summed E-state index contributed by atoms with van der Waals surface area (Å²) in [7, 11) is 0. The second kappa shape index (κ2) is 5.68. The van der Waals surface area contributed by atoms with Gasteiger partial charge in [-0.05, 0) is 41.9 Å². The monoisotopic (exact) mass is 308 g/mol. The third kappa shape index (κ3) is 3.63. The standard InChI is InChI=1S/C10H10BrClO2S/c1-3-14-10(13)6(2)4-7-5-8(11)9(12)15-7/h4-5H,3H2,1-2H3. The molecule has 0 saturated heterocycles. The van der Waals surface area contributed by atoms with Crippen LogP contribution in [0.5, 0.6) is 0 Å². The minimum atomic E-state index is -0.293. The summed E-state index contributed by atoms with van der Waals surface area (Å²) in [6.45, 7) is 3.89. The maximum absolute atomic E-state index is 11.3. The van der Waals surface area contributed by atoms with E-state index >= 15 is 0 Å². The number of halogens is 2. The smallest absolute Gasteiger partial charge is 0.333 e. The molecule has 5 heteroatoms. The Kier molecular flexibility index (Phi) is 4.83. The molecule has 0 radical (unpaired) electrons. The van der Waals surface area contributed by atoms with Crippen LogP contribution in [0.2, 0.25) is 4.34 Å². The van der Waals surface area contributed by atoms with Gasteiger partial charge in [0.15, 0.2) is 0 Å². The number of esters is 1. The van der Waals surface area contributed by atoms with Gasteiger partial charge >= 0.3 is 5.97 Å². The van der Waals surface area contributed by atoms with E-state index in [1.807, 2.05) is 6.07 Å². The predicted octanol–water partition coefficient (Wildman–Crippen LogP) is 4.13. The normalized spacial score (nSPS) is 11.6. The zero-order chi connectivity index (χ0) is 11.4. The third-order valence-corrected chi connectivity index (χ3v) is 4.04. The van der Waals surface area contributed by atoms with Crippen molar-refractivity contribution < 1.29 is 9.53 Å². The molecule has 0 amide bonds. The van der Waals surface area contributed by atoms with Crippen molar-refractivity contribution in [2.24, 2.45) is 0 Å². The lowest BCUT2D eigenvalue weighted by Gasteiger charge is -1.99. The van der Waals surface area contributed by atoms with Gasteiger partial charge in [0.2, 0.25) is 0 Å². The summed E-state index contributed by atoms with van der Waals surface area (Å²) in [6.07, 6.45) is 1.76. The fourth-order valence-electron chi connectivity index (χ4n) is 0.952. The first-order valence-corrected chi connectivity index (χ1v) is 6.33. The molecule has 1 aromatic rings. The van der Waals surface area contributed by atoms with Crippen molar-refractivity contribution >= 4 is 50.9 Å². The van der Waals surface area contributed by atoms with Gasteiger partial charge < -0.3 is 4.74 Å². The minimum absolute atomic E-state index is 0.293. The fourth-order valence-corrected chi connectivity index (χ4v) is 2.69. The number of carbonyl (C=O) groups is 1. The number of ether oxygens (including phenoxy) is 1. The average molecular weight is 310 g/mol. The van der Waals surface area contributed by atoms with Gasteiger partial charge in [0, 0.05) is 14.9 Å². The van der Waals surface area contributed by atoms with Gasteiger partial charge in [-0.3, -0.25) is 0 Å². The van der Waals surface area contributed by atoms with E-state index in [4.69, 9.17) is 16.3 Å². The second-order valence-electron chi connectivity index (χ2n) is 2.82. The van der Waals surface area contributed by atoms with E-state index in [0.717, 1.165) is 9.35 Å². The Balaban J connectivity index is 2.82. The lowest BCUT2D eigenvalue weighted by Crippen LogP contribution is -2.04. The molecule has 0 aliphatic heterocycles. The van der Waals surface area contributed by atoms with Crippen molar-refractivity contribution in [1.29, 1.82) is 0 Å². The molecule has 15 heavy (non-hydrogen) atoms. The lowest BCUT2D eigenvalue weighted by atomic mass is 10.2. The number of carbonyl (C=O) groups excluding carboxylic acids is 1. The maximum atomic E-state index is 11.3. The van der Waals surface area contributed by atoms with Gasteiger partial charge in [-0.2, -0.15) is 0 Å². The van der Waals surface area contributed by atoms with E-state index in [2.05, 4.69) is 15.9 Å². The largest absolute Gasteiger partial charge is 0.463 e. The molecule has 0 aromatic carbocycles. The molecule has 0 bridgehead atoms. The van der Waals surface area contributed by atoms with Gasteiger partial charge in [-0.1, -0.05) is 11.6 Å². The molecule has 1 aromatic heterocycles. The molecule has 2 nitrogen and oxygen atoms in total. The van der Waals surface area contributed by atoms with Crippen LogP contribution < -0.4 is 0 Å². The van der Waals surface area contributed by atoms with Crippen LogP contribution in [0.1, 0.15) is 18.7 Å². The van der Waals surface area contributed by atoms with Gasteiger partial charge in [-0.25, -0.2) is 4.79 Å². The Morgan fingerprint density at radius 2 is 2.40 bits per heavy atom. The first kappa shape index (κ1) is 12.7. The van der Waals surface area contributed by atoms with Gasteiger partial charge in [0.05, 0.1) is 6.61 Å². The van der Waals surface area contributed by atoms with Crippen LogP contribution in [0.25, 0.3) is 6.08 Å². The van der Waals surface area contributed by atoms with Gasteiger partial charge in [0.25, 0.3) is 0 Å². The molecule has 0 saturated carbocycles. The van der Waals surface area contributed by atoms with E-state index in [9.17, 15) is 4.79 Å². The molecule has 0 N–H and O–H groups in total. The van der Waals surface area contributed by atoms with Crippen molar-refractivity contribution in [3.05, 3.63) is 25.3 Å². The summed E-state index contributed by atoms with van der Waals surface area (Å²) in [5.74, 6) is -0.293. The highest BCUT2D eigenvalue weighted by molar-refractivity contribution is 9.10. The summed E-state index contributed by atoms with van der Waals surface area (Å²) in [4.78, 5) is 12.2. The van der Waals surface area contributed by atoms with Gasteiger partial charge in [0.1, 0.15) is 4.34 Å². The molecule has 1 heterocycles. The fraction of sp³-hybridized carbons (Fsp3) is 0.300. The lowest BCUT2D eigenvalue weighted by molar-refractivity contribution is -0.138. The first-order valence-electron chi connectivity index (χ1n) is 4.34. The molecule has 82 valence electrons. The maximum Gasteiger partial charge on any atom is 0.333 e. The minimum Gasteiger partial charge on any atom is -0.463 e. The topological polar surface area (TPSA) is 26.3 Å². The Labute approximate surface area is 106 Å². The van der Waals surface area contributed by atoms with Crippen LogP contribution in [0.4, 0.5) is 0 Å². The highest BCUT2D eigenvalue weighted by Crippen LogP contribution is 2.33. The zero-order valence-electron chi connectivity index (χ0n) is 8.34. The average Bonchev–Trinajstić information content (AvgIpc) is 2.46. The number of hydrogen-bond acceptors (Lipinski definition) is 3. The Morgan fingerprint density at radius 1 is 1.73 bits per heavy atom. The summed E-state index contributed by atoms with van der Waals surface area (Å²) >= 11 is 10.6. The van der Waals surface area contributed by atoms with Crippen LogP contribution in [-0.4, -0.2) is 12.6 Å². The van der Waals surface area contributed by atoms with Crippen molar-refractivity contribution in [2.45, 2.75) is 13.8 Å². The SMILES string of the molecule is CCOC(=O)C(C)=Cc1cc(Br)c(Cl)s1. The third-order valence-electron chi connectivity index (χ3n) is 1.62. The van der Waals surface area contributed by atoms with Crippen molar-refractivity contribution in [3.8, 4) is 0 Å². The van der Waals surface area contributed by atoms with Crippen molar-refractivity contribution in [1.82, 2.24) is 0 Å². The Bertz CT molecular complexity index is 379. The molecular weight excluding hydrogens is 300 g/mol. The van der Waals surface area contributed by atoms with Gasteiger partial charge in [-0.15, -0.1) is 11.3 Å². The van der Waals surface area contributed by atoms with E-state index in [0.29, 0.717) is 16.5 Å². The zero-order valence-corrected chi connectivity index (χ0v) is 11.5. The Hall–Kier alpha value is -0.320. The highest BCUT2D eigenvalue weighted by Gasteiger charge is 2.07. The summed E-state index contributed by atoms with van der Waals surface area (Å²) in [5, 5.41) is 0. The predicted molar refractivity (Wildman–Crippen MR) is 67.3 cm³/mol. The first-order chi connectivity index (χ1) is 7.04. The van der Waals surface area contributed by atoms with Crippen LogP contribution in [0.3, 0.4) is 0 Å². The van der Waals surface area contributed by atoms with E-state index in [-0.39, 0.29) is 5.97 Å². The molecule has 0 atom stereocenters. The van der Waals surface area contributed by atoms with Crippen LogP contribution >= 0.6 is 38.9 Å². The molecule has 1 rings (SSSR count). The summed E-state index contributed by atoms with van der Waals surface area (Å²) in [5.41, 5.74) is 0.572. The quantitative estimate of drug-likeness (QED) is 0.620. The number of rotatable bonds is 3. The molecule has 0 spiro atoms. The summed E-state index contributed by atoms with van der Waals surface area (Å²) < 4.78 is 6.39. The van der Waals surface area contributed by atoms with Crippen molar-refractivity contribution in [2.75, 3.05) is 6.61 Å². The van der Waals surface area contributed by atoms with E-state index < -0.39 is 0 Å².